The zero-order valence-electron chi connectivity index (χ0n) is 10.2. The first-order valence-corrected chi connectivity index (χ1v) is 6.05. The molecule has 98 valence electrons. The zero-order valence-corrected chi connectivity index (χ0v) is 10.2. The maximum Gasteiger partial charge on any atom is 0.335 e. The Morgan fingerprint density at radius 3 is 3.05 bits per heavy atom. The quantitative estimate of drug-likeness (QED) is 0.895. The van der Waals surface area contributed by atoms with E-state index in [4.69, 9.17) is 9.63 Å². The van der Waals surface area contributed by atoms with Crippen LogP contribution in [0.1, 0.15) is 27.3 Å². The Hall–Kier alpha value is -2.21. The first kappa shape index (κ1) is 11.9. The van der Waals surface area contributed by atoms with Crippen LogP contribution in [-0.2, 0) is 19.5 Å². The van der Waals surface area contributed by atoms with Gasteiger partial charge in [0.25, 0.3) is 0 Å². The van der Waals surface area contributed by atoms with Gasteiger partial charge in [-0.3, -0.25) is 4.90 Å². The molecule has 1 aliphatic rings. The first-order valence-electron chi connectivity index (χ1n) is 6.05. The maximum atomic E-state index is 11.0. The topological polar surface area (TPSA) is 79.5 Å². The fourth-order valence-electron chi connectivity index (χ4n) is 2.35. The van der Waals surface area contributed by atoms with Crippen LogP contribution in [0.4, 0.5) is 0 Å². The van der Waals surface area contributed by atoms with Crippen molar-refractivity contribution in [3.63, 3.8) is 0 Å². The summed E-state index contributed by atoms with van der Waals surface area (Å²) in [5, 5.41) is 12.8. The van der Waals surface area contributed by atoms with Gasteiger partial charge in [0, 0.05) is 13.1 Å². The number of carbonyl (C=O) groups is 1. The van der Waals surface area contributed by atoms with Crippen LogP contribution in [0.15, 0.2) is 29.1 Å². The van der Waals surface area contributed by atoms with Crippen molar-refractivity contribution in [3.8, 4) is 0 Å². The lowest BCUT2D eigenvalue weighted by Crippen LogP contribution is -2.30. The van der Waals surface area contributed by atoms with Crippen molar-refractivity contribution in [2.75, 3.05) is 6.54 Å². The lowest BCUT2D eigenvalue weighted by atomic mass is 9.97. The summed E-state index contributed by atoms with van der Waals surface area (Å²) in [7, 11) is 0. The van der Waals surface area contributed by atoms with Crippen LogP contribution in [0.5, 0.6) is 0 Å². The molecule has 1 aromatic carbocycles. The summed E-state index contributed by atoms with van der Waals surface area (Å²) in [6.45, 7) is 2.24. The number of hydrogen-bond donors (Lipinski definition) is 1. The van der Waals surface area contributed by atoms with Crippen LogP contribution in [-0.4, -0.2) is 32.7 Å². The van der Waals surface area contributed by atoms with Gasteiger partial charge >= 0.3 is 5.97 Å². The van der Waals surface area contributed by atoms with Gasteiger partial charge in [0.2, 0.25) is 6.39 Å². The van der Waals surface area contributed by atoms with Gasteiger partial charge in [0.05, 0.1) is 12.1 Å². The number of aromatic nitrogens is 2. The molecule has 0 radical (unpaired) electrons. The van der Waals surface area contributed by atoms with Gasteiger partial charge in [-0.15, -0.1) is 0 Å². The van der Waals surface area contributed by atoms with E-state index >= 15 is 0 Å². The van der Waals surface area contributed by atoms with Crippen LogP contribution < -0.4 is 0 Å². The molecular formula is C13H13N3O3. The molecule has 0 spiro atoms. The highest BCUT2D eigenvalue weighted by Gasteiger charge is 2.19. The van der Waals surface area contributed by atoms with Crippen LogP contribution >= 0.6 is 0 Å². The predicted molar refractivity (Wildman–Crippen MR) is 65.5 cm³/mol. The number of benzene rings is 1. The standard InChI is InChI=1S/C13H13N3O3/c17-13(18)10-2-1-9-3-4-16(6-11(9)5-10)7-12-14-8-19-15-12/h1-2,5,8H,3-4,6-7H2,(H,17,18). The average molecular weight is 259 g/mol. The van der Waals surface area contributed by atoms with Crippen molar-refractivity contribution >= 4 is 5.97 Å². The fraction of sp³-hybridized carbons (Fsp3) is 0.308. The van der Waals surface area contributed by atoms with E-state index in [1.165, 1.54) is 12.0 Å². The highest BCUT2D eigenvalue weighted by Crippen LogP contribution is 2.21. The molecule has 0 amide bonds. The molecule has 0 atom stereocenters. The van der Waals surface area contributed by atoms with Gasteiger partial charge in [-0.25, -0.2) is 4.79 Å². The van der Waals surface area contributed by atoms with Crippen molar-refractivity contribution in [1.82, 2.24) is 15.0 Å². The molecule has 1 N–H and O–H groups in total. The van der Waals surface area contributed by atoms with E-state index in [9.17, 15) is 4.79 Å². The van der Waals surface area contributed by atoms with Crippen LogP contribution in [0.3, 0.4) is 0 Å². The SMILES string of the molecule is O=C(O)c1ccc2c(c1)CN(Cc1ncon1)CC2. The molecule has 1 aliphatic heterocycles. The molecule has 19 heavy (non-hydrogen) atoms. The van der Waals surface area contributed by atoms with E-state index in [2.05, 4.69) is 15.0 Å². The number of aromatic carboxylic acids is 1. The van der Waals surface area contributed by atoms with E-state index < -0.39 is 5.97 Å². The molecule has 6 nitrogen and oxygen atoms in total. The monoisotopic (exact) mass is 259 g/mol. The van der Waals surface area contributed by atoms with Gasteiger partial charge in [0.15, 0.2) is 5.82 Å². The molecule has 0 saturated heterocycles. The second-order valence-corrected chi connectivity index (χ2v) is 4.60. The molecular weight excluding hydrogens is 246 g/mol. The summed E-state index contributed by atoms with van der Waals surface area (Å²) in [5.74, 6) is -0.240. The molecule has 6 heteroatoms. The third kappa shape index (κ3) is 2.48. The summed E-state index contributed by atoms with van der Waals surface area (Å²) in [6, 6.07) is 5.32. The van der Waals surface area contributed by atoms with E-state index in [0.717, 1.165) is 18.5 Å². The van der Waals surface area contributed by atoms with E-state index in [-0.39, 0.29) is 0 Å². The van der Waals surface area contributed by atoms with Gasteiger partial charge in [-0.2, -0.15) is 4.98 Å². The molecule has 2 aromatic rings. The van der Waals surface area contributed by atoms with Gasteiger partial charge in [0.1, 0.15) is 0 Å². The van der Waals surface area contributed by atoms with Gasteiger partial charge < -0.3 is 9.63 Å². The number of rotatable bonds is 3. The highest BCUT2D eigenvalue weighted by molar-refractivity contribution is 5.87. The normalized spacial score (nSPS) is 15.2. The van der Waals surface area contributed by atoms with E-state index in [1.54, 1.807) is 12.1 Å². The molecule has 1 aromatic heterocycles. The summed E-state index contributed by atoms with van der Waals surface area (Å²) < 4.78 is 4.71. The van der Waals surface area contributed by atoms with Gasteiger partial charge in [-0.05, 0) is 29.7 Å². The average Bonchev–Trinajstić information content (AvgIpc) is 2.90. The van der Waals surface area contributed by atoms with E-state index in [0.29, 0.717) is 24.5 Å². The molecule has 3 rings (SSSR count). The second-order valence-electron chi connectivity index (χ2n) is 4.60. The Labute approximate surface area is 109 Å². The second kappa shape index (κ2) is 4.81. The van der Waals surface area contributed by atoms with Crippen molar-refractivity contribution in [2.24, 2.45) is 0 Å². The third-order valence-electron chi connectivity index (χ3n) is 3.32. The number of carboxylic acids is 1. The Kier molecular flexibility index (Phi) is 3.00. The zero-order chi connectivity index (χ0) is 13.2. The Bertz CT molecular complexity index is 595. The van der Waals surface area contributed by atoms with Crippen molar-refractivity contribution in [3.05, 3.63) is 47.1 Å². The van der Waals surface area contributed by atoms with Crippen molar-refractivity contribution in [1.29, 1.82) is 0 Å². The summed E-state index contributed by atoms with van der Waals surface area (Å²) in [4.78, 5) is 17.2. The van der Waals surface area contributed by atoms with E-state index in [1.807, 2.05) is 6.07 Å². The summed E-state index contributed by atoms with van der Waals surface area (Å²) in [6.07, 6.45) is 2.23. The fourth-order valence-corrected chi connectivity index (χ4v) is 2.35. The Morgan fingerprint density at radius 1 is 1.42 bits per heavy atom. The lowest BCUT2D eigenvalue weighted by Gasteiger charge is -2.27. The Morgan fingerprint density at radius 2 is 2.32 bits per heavy atom. The molecule has 0 fully saturated rings. The number of nitrogens with zero attached hydrogens (tertiary/aromatic N) is 3. The minimum atomic E-state index is -0.891. The predicted octanol–water partition coefficient (Wildman–Crippen LogP) is 1.33. The Balaban J connectivity index is 1.78. The molecule has 0 unspecified atom stereocenters. The van der Waals surface area contributed by atoms with Crippen LogP contribution in [0.2, 0.25) is 0 Å². The number of carboxylic acid groups (broad SMARTS) is 1. The molecule has 0 bridgehead atoms. The minimum Gasteiger partial charge on any atom is -0.478 e. The molecule has 2 heterocycles. The maximum absolute atomic E-state index is 11.0. The highest BCUT2D eigenvalue weighted by atomic mass is 16.5. The van der Waals surface area contributed by atoms with Gasteiger partial charge in [-0.1, -0.05) is 11.2 Å². The number of fused-ring (bicyclic) bond motifs is 1. The third-order valence-corrected chi connectivity index (χ3v) is 3.32. The largest absolute Gasteiger partial charge is 0.478 e. The molecule has 0 saturated carbocycles. The smallest absolute Gasteiger partial charge is 0.335 e. The number of hydrogen-bond acceptors (Lipinski definition) is 5. The summed E-state index contributed by atoms with van der Waals surface area (Å²) in [5.41, 5.74) is 2.61. The van der Waals surface area contributed by atoms with Crippen LogP contribution in [0, 0.1) is 0 Å². The molecule has 0 aliphatic carbocycles. The lowest BCUT2D eigenvalue weighted by molar-refractivity contribution is 0.0696. The van der Waals surface area contributed by atoms with Crippen molar-refractivity contribution < 1.29 is 14.4 Å². The van der Waals surface area contributed by atoms with Crippen molar-refractivity contribution in [2.45, 2.75) is 19.5 Å². The minimum absolute atomic E-state index is 0.333. The first-order chi connectivity index (χ1) is 9.22. The summed E-state index contributed by atoms with van der Waals surface area (Å²) >= 11 is 0. The van der Waals surface area contributed by atoms with Crippen LogP contribution in [0.25, 0.3) is 0 Å².